The van der Waals surface area contributed by atoms with Gasteiger partial charge in [0.25, 0.3) is 16.7 Å². The molecule has 2 heterocycles. The fourth-order valence-corrected chi connectivity index (χ4v) is 3.99. The first-order chi connectivity index (χ1) is 16.9. The van der Waals surface area contributed by atoms with Gasteiger partial charge in [-0.3, -0.25) is 14.9 Å². The zero-order chi connectivity index (χ0) is 24.9. The molecule has 0 radical (unpaired) electrons. The van der Waals surface area contributed by atoms with Crippen molar-refractivity contribution in [2.24, 2.45) is 7.05 Å². The standard InChI is InChI=1S/C24H18ClN5O4S/c1-30-12-19(17-9-16(25)7-8-20(17)33-2)18(10-21(30)31)22(32)27-23-28-29-24(35-23)34-13-15-5-3-14(11-26)4-6-15/h3-10,12H,13H2,1-2H3,(H,27,28,32). The molecule has 4 aromatic rings. The van der Waals surface area contributed by atoms with Crippen LogP contribution in [0.3, 0.4) is 0 Å². The van der Waals surface area contributed by atoms with E-state index >= 15 is 0 Å². The number of carbonyl (C=O) groups excluding carboxylic acids is 1. The molecule has 0 atom stereocenters. The van der Waals surface area contributed by atoms with Gasteiger partial charge in [-0.25, -0.2) is 0 Å². The number of halogens is 1. The Morgan fingerprint density at radius 1 is 1.17 bits per heavy atom. The predicted molar refractivity (Wildman–Crippen MR) is 132 cm³/mol. The number of rotatable bonds is 7. The number of benzene rings is 2. The van der Waals surface area contributed by atoms with Crippen molar-refractivity contribution in [2.45, 2.75) is 6.61 Å². The fourth-order valence-electron chi connectivity index (χ4n) is 3.23. The average molecular weight is 508 g/mol. The van der Waals surface area contributed by atoms with Crippen molar-refractivity contribution >= 4 is 34.0 Å². The van der Waals surface area contributed by atoms with Gasteiger partial charge >= 0.3 is 0 Å². The Balaban J connectivity index is 1.55. The molecule has 0 aliphatic heterocycles. The molecule has 35 heavy (non-hydrogen) atoms. The Morgan fingerprint density at radius 2 is 1.94 bits per heavy atom. The number of nitriles is 1. The number of ether oxygens (including phenoxy) is 2. The highest BCUT2D eigenvalue weighted by molar-refractivity contribution is 7.17. The summed E-state index contributed by atoms with van der Waals surface area (Å²) < 4.78 is 12.4. The summed E-state index contributed by atoms with van der Waals surface area (Å²) in [4.78, 5) is 25.5. The van der Waals surface area contributed by atoms with Crippen LogP contribution in [0.25, 0.3) is 11.1 Å². The van der Waals surface area contributed by atoms with Crippen LogP contribution in [-0.4, -0.2) is 27.8 Å². The number of hydrogen-bond acceptors (Lipinski definition) is 8. The number of nitrogens with one attached hydrogen (secondary N) is 1. The minimum atomic E-state index is -0.547. The van der Waals surface area contributed by atoms with Crippen LogP contribution in [0.1, 0.15) is 21.5 Å². The van der Waals surface area contributed by atoms with Gasteiger partial charge in [-0.15, -0.1) is 5.10 Å². The monoisotopic (exact) mass is 507 g/mol. The summed E-state index contributed by atoms with van der Waals surface area (Å²) in [7, 11) is 3.10. The van der Waals surface area contributed by atoms with E-state index in [0.29, 0.717) is 27.5 Å². The van der Waals surface area contributed by atoms with E-state index in [-0.39, 0.29) is 28.1 Å². The van der Waals surface area contributed by atoms with Gasteiger partial charge in [-0.2, -0.15) is 5.26 Å². The van der Waals surface area contributed by atoms with Gasteiger partial charge in [0.15, 0.2) is 0 Å². The summed E-state index contributed by atoms with van der Waals surface area (Å²) in [5, 5.41) is 20.3. The van der Waals surface area contributed by atoms with E-state index in [4.69, 9.17) is 26.3 Å². The molecule has 9 nitrogen and oxygen atoms in total. The van der Waals surface area contributed by atoms with Crippen LogP contribution in [0.15, 0.2) is 59.5 Å². The third-order valence-electron chi connectivity index (χ3n) is 5.00. The minimum absolute atomic E-state index is 0.129. The third-order valence-corrected chi connectivity index (χ3v) is 5.98. The lowest BCUT2D eigenvalue weighted by atomic mass is 10.0. The highest BCUT2D eigenvalue weighted by atomic mass is 35.5. The van der Waals surface area contributed by atoms with Gasteiger partial charge in [-0.1, -0.05) is 28.8 Å². The van der Waals surface area contributed by atoms with Crippen LogP contribution < -0.4 is 20.3 Å². The molecule has 0 unspecified atom stereocenters. The maximum Gasteiger partial charge on any atom is 0.296 e. The molecule has 2 aromatic heterocycles. The lowest BCUT2D eigenvalue weighted by molar-refractivity contribution is 0.102. The van der Waals surface area contributed by atoms with Crippen LogP contribution >= 0.6 is 22.9 Å². The zero-order valence-electron chi connectivity index (χ0n) is 18.6. The number of hydrogen-bond donors (Lipinski definition) is 1. The van der Waals surface area contributed by atoms with Crippen LogP contribution in [0, 0.1) is 11.3 Å². The van der Waals surface area contributed by atoms with E-state index in [1.165, 1.54) is 17.7 Å². The first kappa shape index (κ1) is 23.9. The summed E-state index contributed by atoms with van der Waals surface area (Å²) in [5.41, 5.74) is 2.20. The quantitative estimate of drug-likeness (QED) is 0.396. The van der Waals surface area contributed by atoms with E-state index in [1.807, 2.05) is 0 Å². The lowest BCUT2D eigenvalue weighted by Gasteiger charge is -2.14. The fraction of sp³-hybridized carbons (Fsp3) is 0.125. The predicted octanol–water partition coefficient (Wildman–Crippen LogP) is 4.27. The molecule has 176 valence electrons. The van der Waals surface area contributed by atoms with Crippen molar-refractivity contribution < 1.29 is 14.3 Å². The van der Waals surface area contributed by atoms with Crippen LogP contribution in [0.5, 0.6) is 10.9 Å². The van der Waals surface area contributed by atoms with Crippen LogP contribution in [0.4, 0.5) is 5.13 Å². The molecule has 0 saturated carbocycles. The number of anilines is 1. The Hall–Kier alpha value is -4.20. The number of aryl methyl sites for hydroxylation is 1. The normalized spacial score (nSPS) is 10.5. The summed E-state index contributed by atoms with van der Waals surface area (Å²) in [6.07, 6.45) is 1.55. The van der Waals surface area contributed by atoms with Crippen LogP contribution in [-0.2, 0) is 13.7 Å². The Morgan fingerprint density at radius 3 is 2.66 bits per heavy atom. The summed E-state index contributed by atoms with van der Waals surface area (Å²) >= 11 is 7.22. The number of aromatic nitrogens is 3. The Kier molecular flexibility index (Phi) is 7.10. The van der Waals surface area contributed by atoms with Crippen molar-refractivity contribution in [3.05, 3.63) is 86.8 Å². The van der Waals surface area contributed by atoms with Gasteiger partial charge < -0.3 is 14.0 Å². The van der Waals surface area contributed by atoms with E-state index in [0.717, 1.165) is 16.9 Å². The van der Waals surface area contributed by atoms with Crippen molar-refractivity contribution in [2.75, 3.05) is 12.4 Å². The van der Waals surface area contributed by atoms with Crippen molar-refractivity contribution in [1.82, 2.24) is 14.8 Å². The molecule has 11 heteroatoms. The van der Waals surface area contributed by atoms with E-state index in [1.54, 1.807) is 55.7 Å². The number of carbonyl (C=O) groups is 1. The molecule has 0 bridgehead atoms. The molecule has 0 spiro atoms. The Labute approximate surface area is 209 Å². The first-order valence-corrected chi connectivity index (χ1v) is 11.4. The van der Waals surface area contributed by atoms with Crippen molar-refractivity contribution in [3.63, 3.8) is 0 Å². The van der Waals surface area contributed by atoms with E-state index in [2.05, 4.69) is 21.6 Å². The van der Waals surface area contributed by atoms with Gasteiger partial charge in [0.05, 0.1) is 24.3 Å². The second-order valence-corrected chi connectivity index (χ2v) is 8.70. The number of pyridine rings is 1. The number of methoxy groups -OCH3 is 1. The molecule has 1 amide bonds. The van der Waals surface area contributed by atoms with Gasteiger partial charge in [0.2, 0.25) is 5.13 Å². The minimum Gasteiger partial charge on any atom is -0.496 e. The molecule has 4 rings (SSSR count). The maximum absolute atomic E-state index is 13.1. The summed E-state index contributed by atoms with van der Waals surface area (Å²) in [6, 6.07) is 15.3. The molecule has 0 saturated heterocycles. The maximum atomic E-state index is 13.1. The molecule has 0 aliphatic carbocycles. The summed E-state index contributed by atoms with van der Waals surface area (Å²) in [6.45, 7) is 0.224. The average Bonchev–Trinajstić information content (AvgIpc) is 3.31. The van der Waals surface area contributed by atoms with Gasteiger partial charge in [-0.05, 0) is 47.2 Å². The second-order valence-electron chi connectivity index (χ2n) is 7.32. The molecule has 0 fully saturated rings. The molecular formula is C24H18ClN5O4S. The smallest absolute Gasteiger partial charge is 0.296 e. The highest BCUT2D eigenvalue weighted by Gasteiger charge is 2.20. The number of nitrogens with zero attached hydrogens (tertiary/aromatic N) is 4. The molecular weight excluding hydrogens is 490 g/mol. The van der Waals surface area contributed by atoms with Gasteiger partial charge in [0, 0.05) is 35.5 Å². The van der Waals surface area contributed by atoms with Crippen LogP contribution in [0.2, 0.25) is 5.02 Å². The Bertz CT molecular complexity index is 1490. The zero-order valence-corrected chi connectivity index (χ0v) is 20.2. The van der Waals surface area contributed by atoms with E-state index < -0.39 is 5.91 Å². The summed E-state index contributed by atoms with van der Waals surface area (Å²) in [5.74, 6) is -0.0500. The van der Waals surface area contributed by atoms with Gasteiger partial charge in [0.1, 0.15) is 12.4 Å². The first-order valence-electron chi connectivity index (χ1n) is 10.2. The highest BCUT2D eigenvalue weighted by Crippen LogP contribution is 2.34. The van der Waals surface area contributed by atoms with E-state index in [9.17, 15) is 9.59 Å². The largest absolute Gasteiger partial charge is 0.496 e. The van der Waals surface area contributed by atoms with Crippen molar-refractivity contribution in [1.29, 1.82) is 5.26 Å². The number of amides is 1. The lowest BCUT2D eigenvalue weighted by Crippen LogP contribution is -2.21. The molecule has 1 N–H and O–H groups in total. The topological polar surface area (TPSA) is 119 Å². The second kappa shape index (κ2) is 10.4. The molecule has 2 aromatic carbocycles. The van der Waals surface area contributed by atoms with Crippen molar-refractivity contribution in [3.8, 4) is 28.1 Å². The molecule has 0 aliphatic rings. The SMILES string of the molecule is COc1ccc(Cl)cc1-c1cn(C)c(=O)cc1C(=O)Nc1nnc(OCc2ccc(C#N)cc2)s1. The third kappa shape index (κ3) is 5.48.